The Morgan fingerprint density at radius 3 is 2.79 bits per heavy atom. The number of nitrogens with zero attached hydrogens (tertiary/aromatic N) is 5. The van der Waals surface area contributed by atoms with Crippen LogP contribution in [0.1, 0.15) is 46.2 Å². The summed E-state index contributed by atoms with van der Waals surface area (Å²) >= 11 is 0. The fourth-order valence-electron chi connectivity index (χ4n) is 2.83. The Hall–Kier alpha value is -3.24. The number of nitrogens with one attached hydrogen (secondary N) is 1. The number of alkyl halides is 3. The van der Waals surface area contributed by atoms with Crippen LogP contribution < -0.4 is 5.32 Å². The molecule has 0 aliphatic heterocycles. The first-order valence-corrected chi connectivity index (χ1v) is 8.47. The number of carbonyl (C=O) groups is 1. The van der Waals surface area contributed by atoms with E-state index >= 15 is 0 Å². The van der Waals surface area contributed by atoms with Crippen molar-refractivity contribution in [1.82, 2.24) is 24.6 Å². The van der Waals surface area contributed by atoms with Crippen molar-refractivity contribution >= 4 is 17.6 Å². The van der Waals surface area contributed by atoms with Crippen LogP contribution in [0.5, 0.6) is 0 Å². The summed E-state index contributed by atoms with van der Waals surface area (Å²) < 4.78 is 45.2. The van der Waals surface area contributed by atoms with Gasteiger partial charge in [0.15, 0.2) is 5.69 Å². The number of aromatic nitrogens is 5. The molecule has 1 aliphatic carbocycles. The molecule has 8 nitrogen and oxygen atoms in total. The van der Waals surface area contributed by atoms with Crippen LogP contribution in [0.4, 0.5) is 19.0 Å². The van der Waals surface area contributed by atoms with E-state index in [0.717, 1.165) is 25.2 Å². The first-order valence-electron chi connectivity index (χ1n) is 8.47. The summed E-state index contributed by atoms with van der Waals surface area (Å²) in [4.78, 5) is 23.6. The van der Waals surface area contributed by atoms with E-state index in [-0.39, 0.29) is 24.1 Å². The average Bonchev–Trinajstić information content (AvgIpc) is 3.41. The Balaban J connectivity index is 1.62. The van der Waals surface area contributed by atoms with E-state index in [0.29, 0.717) is 17.0 Å². The molecule has 0 spiro atoms. The summed E-state index contributed by atoms with van der Waals surface area (Å²) in [7, 11) is 1.31. The van der Waals surface area contributed by atoms with Gasteiger partial charge in [0.25, 0.3) is 5.78 Å². The topological polar surface area (TPSA) is 94.3 Å². The third-order valence-corrected chi connectivity index (χ3v) is 4.34. The lowest BCUT2D eigenvalue weighted by atomic mass is 10.1. The molecule has 0 unspecified atom stereocenters. The summed E-state index contributed by atoms with van der Waals surface area (Å²) in [5, 5.41) is 6.78. The van der Waals surface area contributed by atoms with Crippen LogP contribution in [-0.4, -0.2) is 37.6 Å². The van der Waals surface area contributed by atoms with Crippen molar-refractivity contribution in [3.63, 3.8) is 0 Å². The Morgan fingerprint density at radius 2 is 2.11 bits per heavy atom. The lowest BCUT2D eigenvalue weighted by Crippen LogP contribution is -2.14. The molecule has 146 valence electrons. The van der Waals surface area contributed by atoms with Crippen LogP contribution in [0.25, 0.3) is 5.78 Å². The number of pyridine rings is 1. The maximum atomic E-state index is 13.1. The highest BCUT2D eigenvalue weighted by Gasteiger charge is 2.34. The predicted molar refractivity (Wildman–Crippen MR) is 90.7 cm³/mol. The number of halogens is 3. The third-order valence-electron chi connectivity index (χ3n) is 4.34. The predicted octanol–water partition coefficient (Wildman–Crippen LogP) is 2.81. The molecular formula is C17H15F3N6O2. The molecule has 1 fully saturated rings. The van der Waals surface area contributed by atoms with E-state index in [1.54, 1.807) is 12.1 Å². The number of carbonyl (C=O) groups excluding carboxylic acids is 1. The molecule has 0 radical (unpaired) electrons. The second-order valence-corrected chi connectivity index (χ2v) is 6.35. The van der Waals surface area contributed by atoms with E-state index < -0.39 is 17.8 Å². The highest BCUT2D eigenvalue weighted by Crippen LogP contribution is 2.41. The van der Waals surface area contributed by atoms with Crippen LogP contribution in [0.2, 0.25) is 0 Å². The van der Waals surface area contributed by atoms with Gasteiger partial charge in [-0.2, -0.15) is 27.8 Å². The first-order chi connectivity index (χ1) is 13.4. The number of ether oxygens (including phenoxy) is 1. The third kappa shape index (κ3) is 3.47. The minimum Gasteiger partial charge on any atom is -0.465 e. The molecule has 1 saturated carbocycles. The Labute approximate surface area is 156 Å². The van der Waals surface area contributed by atoms with Crippen molar-refractivity contribution in [3.8, 4) is 0 Å². The minimum atomic E-state index is -4.61. The maximum Gasteiger partial charge on any atom is 0.433 e. The second kappa shape index (κ2) is 6.73. The molecule has 0 aromatic carbocycles. The zero-order chi connectivity index (χ0) is 19.9. The molecule has 3 aromatic heterocycles. The highest BCUT2D eigenvalue weighted by molar-refractivity contribution is 5.90. The lowest BCUT2D eigenvalue weighted by molar-refractivity contribution is -0.141. The van der Waals surface area contributed by atoms with Crippen LogP contribution in [-0.2, 0) is 17.5 Å². The molecule has 4 rings (SSSR count). The molecule has 0 amide bonds. The van der Waals surface area contributed by atoms with Gasteiger partial charge in [0.1, 0.15) is 12.1 Å². The van der Waals surface area contributed by atoms with Gasteiger partial charge >= 0.3 is 12.1 Å². The molecule has 0 saturated heterocycles. The number of hydrogen-bond acceptors (Lipinski definition) is 7. The van der Waals surface area contributed by atoms with Gasteiger partial charge in [-0.05, 0) is 25.0 Å². The van der Waals surface area contributed by atoms with E-state index in [1.807, 2.05) is 0 Å². The fraction of sp³-hybridized carbons (Fsp3) is 0.353. The van der Waals surface area contributed by atoms with E-state index in [1.165, 1.54) is 11.6 Å². The van der Waals surface area contributed by atoms with Crippen molar-refractivity contribution in [2.75, 3.05) is 12.4 Å². The van der Waals surface area contributed by atoms with Gasteiger partial charge in [-0.1, -0.05) is 0 Å². The number of hydrogen-bond donors (Lipinski definition) is 1. The summed E-state index contributed by atoms with van der Waals surface area (Å²) in [6, 6.07) is 4.13. The summed E-state index contributed by atoms with van der Waals surface area (Å²) in [5.41, 5.74) is 0.579. The number of methoxy groups -OCH3 is 1. The van der Waals surface area contributed by atoms with E-state index in [2.05, 4.69) is 25.4 Å². The van der Waals surface area contributed by atoms with Crippen molar-refractivity contribution in [2.24, 2.45) is 0 Å². The fourth-order valence-corrected chi connectivity index (χ4v) is 2.83. The zero-order valence-corrected chi connectivity index (χ0v) is 14.7. The van der Waals surface area contributed by atoms with Gasteiger partial charge < -0.3 is 10.1 Å². The Kier molecular flexibility index (Phi) is 4.36. The van der Waals surface area contributed by atoms with Crippen molar-refractivity contribution in [2.45, 2.75) is 31.5 Å². The zero-order valence-electron chi connectivity index (χ0n) is 14.7. The minimum absolute atomic E-state index is 0.0849. The largest absolute Gasteiger partial charge is 0.465 e. The van der Waals surface area contributed by atoms with E-state index in [9.17, 15) is 18.0 Å². The molecular weight excluding hydrogens is 377 g/mol. The average molecular weight is 392 g/mol. The Morgan fingerprint density at radius 1 is 1.32 bits per heavy atom. The molecule has 11 heteroatoms. The number of anilines is 1. The van der Waals surface area contributed by atoms with Crippen LogP contribution in [0, 0.1) is 0 Å². The standard InChI is InChI=1S/C17H15F3N6O2/c1-28-15(27)11-5-4-10(24-14(11)9-2-3-9)7-21-13-6-12(17(18,19)20)25-16-22-8-23-26(13)16/h4-6,8-9,21H,2-3,7H2,1H3. The van der Waals surface area contributed by atoms with Gasteiger partial charge in [0.2, 0.25) is 0 Å². The smallest absolute Gasteiger partial charge is 0.433 e. The van der Waals surface area contributed by atoms with Crippen LogP contribution >= 0.6 is 0 Å². The summed E-state index contributed by atoms with van der Waals surface area (Å²) in [6.07, 6.45) is -1.61. The number of rotatable bonds is 5. The molecule has 1 aliphatic rings. The van der Waals surface area contributed by atoms with Crippen molar-refractivity contribution < 1.29 is 22.7 Å². The monoisotopic (exact) mass is 392 g/mol. The van der Waals surface area contributed by atoms with Crippen molar-refractivity contribution in [1.29, 1.82) is 0 Å². The lowest BCUT2D eigenvalue weighted by Gasteiger charge is -2.12. The number of fused-ring (bicyclic) bond motifs is 1. The van der Waals surface area contributed by atoms with Crippen LogP contribution in [0.15, 0.2) is 24.5 Å². The molecule has 0 atom stereocenters. The molecule has 0 bridgehead atoms. The quantitative estimate of drug-likeness (QED) is 0.667. The van der Waals surface area contributed by atoms with Gasteiger partial charge in [-0.25, -0.2) is 9.78 Å². The summed E-state index contributed by atoms with van der Waals surface area (Å²) in [5.74, 6) is -0.331. The molecule has 28 heavy (non-hydrogen) atoms. The summed E-state index contributed by atoms with van der Waals surface area (Å²) in [6.45, 7) is 0.136. The SMILES string of the molecule is COC(=O)c1ccc(CNc2cc(C(F)(F)F)nc3ncnn23)nc1C1CC1. The van der Waals surface area contributed by atoms with Gasteiger partial charge in [-0.3, -0.25) is 4.98 Å². The normalized spacial score (nSPS) is 14.3. The van der Waals surface area contributed by atoms with Gasteiger partial charge in [-0.15, -0.1) is 0 Å². The van der Waals surface area contributed by atoms with Crippen LogP contribution in [0.3, 0.4) is 0 Å². The first kappa shape index (κ1) is 18.1. The van der Waals surface area contributed by atoms with Crippen molar-refractivity contribution in [3.05, 3.63) is 47.2 Å². The van der Waals surface area contributed by atoms with Gasteiger partial charge in [0.05, 0.1) is 30.6 Å². The Bertz CT molecular complexity index is 1050. The van der Waals surface area contributed by atoms with E-state index in [4.69, 9.17) is 4.74 Å². The molecule has 3 aromatic rings. The number of esters is 1. The van der Waals surface area contributed by atoms with Gasteiger partial charge in [0, 0.05) is 12.0 Å². The second-order valence-electron chi connectivity index (χ2n) is 6.35. The molecule has 1 N–H and O–H groups in total. The maximum absolute atomic E-state index is 13.1. The highest BCUT2D eigenvalue weighted by atomic mass is 19.4. The molecule has 3 heterocycles.